The normalized spacial score (nSPS) is 32.8. The Kier molecular flexibility index (Phi) is 4.42. The Hall–Kier alpha value is 0.260. The van der Waals surface area contributed by atoms with Gasteiger partial charge in [-0.2, -0.15) is 0 Å². The van der Waals surface area contributed by atoms with Crippen LogP contribution in [0.25, 0.3) is 0 Å². The molecule has 1 amide bonds. The zero-order chi connectivity index (χ0) is 12.5. The zero-order valence-corrected chi connectivity index (χ0v) is 12.8. The highest BCUT2D eigenvalue weighted by Crippen LogP contribution is 2.30. The van der Waals surface area contributed by atoms with Gasteiger partial charge >= 0.3 is 0 Å². The van der Waals surface area contributed by atoms with Gasteiger partial charge < -0.3 is 9.64 Å². The van der Waals surface area contributed by atoms with Gasteiger partial charge in [-0.15, -0.1) is 11.8 Å². The number of alkyl halides is 1. The molecule has 0 aliphatic carbocycles. The van der Waals surface area contributed by atoms with E-state index in [9.17, 15) is 4.79 Å². The zero-order valence-electron chi connectivity index (χ0n) is 10.4. The van der Waals surface area contributed by atoms with Crippen molar-refractivity contribution in [3.8, 4) is 0 Å². The highest BCUT2D eigenvalue weighted by Gasteiger charge is 2.38. The fourth-order valence-corrected chi connectivity index (χ4v) is 4.10. The molecule has 2 atom stereocenters. The summed E-state index contributed by atoms with van der Waals surface area (Å²) in [7, 11) is 0. The summed E-state index contributed by atoms with van der Waals surface area (Å²) in [5.41, 5.74) is -0.227. The number of ether oxygens (including phenoxy) is 1. The van der Waals surface area contributed by atoms with E-state index >= 15 is 0 Å². The van der Waals surface area contributed by atoms with E-state index in [4.69, 9.17) is 4.74 Å². The second-order valence-electron chi connectivity index (χ2n) is 5.37. The Labute approximate surface area is 116 Å². The van der Waals surface area contributed by atoms with Gasteiger partial charge in [0.2, 0.25) is 5.91 Å². The van der Waals surface area contributed by atoms with Crippen LogP contribution in [0.2, 0.25) is 0 Å². The van der Waals surface area contributed by atoms with E-state index in [1.807, 2.05) is 16.7 Å². The van der Waals surface area contributed by atoms with Gasteiger partial charge in [-0.3, -0.25) is 4.79 Å². The third-order valence-electron chi connectivity index (χ3n) is 3.17. The molecule has 0 radical (unpaired) electrons. The van der Waals surface area contributed by atoms with Crippen LogP contribution in [0.15, 0.2) is 0 Å². The van der Waals surface area contributed by atoms with Crippen LogP contribution in [-0.4, -0.2) is 51.9 Å². The fourth-order valence-electron chi connectivity index (χ4n) is 2.52. The number of carbonyl (C=O) groups excluding carboxylic acids is 1. The molecule has 2 saturated heterocycles. The minimum absolute atomic E-state index is 0.120. The number of nitrogens with zero attached hydrogens (tertiary/aromatic N) is 1. The van der Waals surface area contributed by atoms with Crippen LogP contribution in [0, 0.1) is 0 Å². The number of hydrogen-bond acceptors (Lipinski definition) is 3. The second-order valence-corrected chi connectivity index (χ2v) is 7.33. The van der Waals surface area contributed by atoms with Gasteiger partial charge in [0, 0.05) is 18.4 Å². The first-order chi connectivity index (χ1) is 8.02. The van der Waals surface area contributed by atoms with Gasteiger partial charge in [0.15, 0.2) is 0 Å². The van der Waals surface area contributed by atoms with E-state index in [2.05, 4.69) is 29.8 Å². The number of hydrogen-bond donors (Lipinski definition) is 0. The second kappa shape index (κ2) is 5.49. The van der Waals surface area contributed by atoms with Crippen molar-refractivity contribution < 1.29 is 9.53 Å². The van der Waals surface area contributed by atoms with Crippen molar-refractivity contribution in [1.82, 2.24) is 4.90 Å². The lowest BCUT2D eigenvalue weighted by atomic mass is 10.0. The molecule has 0 spiro atoms. The van der Waals surface area contributed by atoms with Gasteiger partial charge in [-0.05, 0) is 32.4 Å². The molecule has 0 aromatic carbocycles. The van der Waals surface area contributed by atoms with Crippen molar-refractivity contribution in [2.75, 3.05) is 24.2 Å². The van der Waals surface area contributed by atoms with Crippen molar-refractivity contribution in [2.45, 2.75) is 43.6 Å². The molecule has 2 fully saturated rings. The van der Waals surface area contributed by atoms with Crippen molar-refractivity contribution >= 4 is 33.6 Å². The highest BCUT2D eigenvalue weighted by molar-refractivity contribution is 9.09. The SMILES string of the molecule is CC1(C)CN(C(=O)C2CCCS2)CC(CBr)O1. The molecule has 0 saturated carbocycles. The summed E-state index contributed by atoms with van der Waals surface area (Å²) < 4.78 is 5.92. The van der Waals surface area contributed by atoms with Crippen LogP contribution in [0.1, 0.15) is 26.7 Å². The van der Waals surface area contributed by atoms with E-state index in [0.717, 1.165) is 24.0 Å². The van der Waals surface area contributed by atoms with Crippen molar-refractivity contribution in [1.29, 1.82) is 0 Å². The minimum Gasteiger partial charge on any atom is -0.368 e. The summed E-state index contributed by atoms with van der Waals surface area (Å²) in [6.07, 6.45) is 2.34. The molecule has 98 valence electrons. The standard InChI is InChI=1S/C12H20BrNO2S/c1-12(2)8-14(7-9(6-13)16-12)11(15)10-4-3-5-17-10/h9-10H,3-8H2,1-2H3. The number of carbonyl (C=O) groups is 1. The number of thioether (sulfide) groups is 1. The van der Waals surface area contributed by atoms with Gasteiger partial charge in [0.1, 0.15) is 0 Å². The van der Waals surface area contributed by atoms with Crippen molar-refractivity contribution in [3.05, 3.63) is 0 Å². The fraction of sp³-hybridized carbons (Fsp3) is 0.917. The molecular formula is C12H20BrNO2S. The predicted molar refractivity (Wildman–Crippen MR) is 74.8 cm³/mol. The first-order valence-corrected chi connectivity index (χ1v) is 8.33. The van der Waals surface area contributed by atoms with Crippen LogP contribution < -0.4 is 0 Å². The van der Waals surface area contributed by atoms with Crippen molar-refractivity contribution in [3.63, 3.8) is 0 Å². The van der Waals surface area contributed by atoms with E-state index in [0.29, 0.717) is 12.5 Å². The molecule has 2 rings (SSSR count). The van der Waals surface area contributed by atoms with Gasteiger partial charge in [-0.25, -0.2) is 0 Å². The molecule has 2 aliphatic heterocycles. The lowest BCUT2D eigenvalue weighted by molar-refractivity contribution is -0.156. The largest absolute Gasteiger partial charge is 0.368 e. The Morgan fingerprint density at radius 3 is 2.94 bits per heavy atom. The van der Waals surface area contributed by atoms with Gasteiger partial charge in [0.05, 0.1) is 17.0 Å². The summed E-state index contributed by atoms with van der Waals surface area (Å²) in [6.45, 7) is 5.56. The van der Waals surface area contributed by atoms with Crippen LogP contribution >= 0.6 is 27.7 Å². The number of rotatable bonds is 2. The smallest absolute Gasteiger partial charge is 0.235 e. The summed E-state index contributed by atoms with van der Waals surface area (Å²) in [6, 6.07) is 0. The van der Waals surface area contributed by atoms with Crippen LogP contribution in [0.3, 0.4) is 0 Å². The molecule has 0 bridgehead atoms. The number of halogens is 1. The Balaban J connectivity index is 2.01. The number of amides is 1. The summed E-state index contributed by atoms with van der Waals surface area (Å²) >= 11 is 5.26. The summed E-state index contributed by atoms with van der Waals surface area (Å²) in [4.78, 5) is 14.4. The molecule has 0 aromatic heterocycles. The van der Waals surface area contributed by atoms with Crippen LogP contribution in [-0.2, 0) is 9.53 Å². The maximum Gasteiger partial charge on any atom is 0.235 e. The number of morpholine rings is 1. The minimum atomic E-state index is -0.227. The average molecular weight is 322 g/mol. The molecule has 2 aliphatic rings. The quantitative estimate of drug-likeness (QED) is 0.731. The van der Waals surface area contributed by atoms with E-state index < -0.39 is 0 Å². The van der Waals surface area contributed by atoms with Crippen LogP contribution in [0.5, 0.6) is 0 Å². The Morgan fingerprint density at radius 1 is 1.59 bits per heavy atom. The first kappa shape index (κ1) is 13.7. The predicted octanol–water partition coefficient (Wildman–Crippen LogP) is 2.28. The van der Waals surface area contributed by atoms with Gasteiger partial charge in [0.25, 0.3) is 0 Å². The summed E-state index contributed by atoms with van der Waals surface area (Å²) in [5, 5.41) is 0.984. The third kappa shape index (κ3) is 3.38. The topological polar surface area (TPSA) is 29.5 Å². The molecular weight excluding hydrogens is 302 g/mol. The summed E-state index contributed by atoms with van der Waals surface area (Å²) in [5.74, 6) is 1.45. The maximum absolute atomic E-state index is 12.4. The average Bonchev–Trinajstić information content (AvgIpc) is 2.79. The maximum atomic E-state index is 12.4. The Morgan fingerprint density at radius 2 is 2.35 bits per heavy atom. The molecule has 2 unspecified atom stereocenters. The lowest BCUT2D eigenvalue weighted by Gasteiger charge is -2.43. The first-order valence-electron chi connectivity index (χ1n) is 6.16. The monoisotopic (exact) mass is 321 g/mol. The van der Waals surface area contributed by atoms with E-state index in [1.54, 1.807) is 0 Å². The molecule has 2 heterocycles. The Bertz CT molecular complexity index is 292. The molecule has 17 heavy (non-hydrogen) atoms. The van der Waals surface area contributed by atoms with E-state index in [-0.39, 0.29) is 17.0 Å². The lowest BCUT2D eigenvalue weighted by Crippen LogP contribution is -2.56. The van der Waals surface area contributed by atoms with Crippen LogP contribution in [0.4, 0.5) is 0 Å². The van der Waals surface area contributed by atoms with E-state index in [1.165, 1.54) is 6.42 Å². The highest BCUT2D eigenvalue weighted by atomic mass is 79.9. The molecule has 5 heteroatoms. The van der Waals surface area contributed by atoms with Gasteiger partial charge in [-0.1, -0.05) is 15.9 Å². The van der Waals surface area contributed by atoms with Crippen molar-refractivity contribution in [2.24, 2.45) is 0 Å². The molecule has 0 N–H and O–H groups in total. The molecule has 3 nitrogen and oxygen atoms in total. The third-order valence-corrected chi connectivity index (χ3v) is 5.26. The molecule has 0 aromatic rings.